The molecule has 3 nitrogen and oxygen atoms in total. The average molecular weight is 369 g/mol. The number of anilines is 1. The van der Waals surface area contributed by atoms with E-state index in [1.165, 1.54) is 21.8 Å². The highest BCUT2D eigenvalue weighted by atomic mass is 32.1. The number of aromatic nitrogens is 1. The van der Waals surface area contributed by atoms with Crippen molar-refractivity contribution in [3.8, 4) is 11.3 Å². The first kappa shape index (κ1) is 17.6. The molecule has 128 valence electrons. The number of hydrogen-bond donors (Lipinski definition) is 0. The van der Waals surface area contributed by atoms with Gasteiger partial charge >= 0.3 is 0 Å². The van der Waals surface area contributed by atoms with Crippen molar-refractivity contribution in [2.75, 3.05) is 11.4 Å². The van der Waals surface area contributed by atoms with Crippen LogP contribution < -0.4 is 4.90 Å². The van der Waals surface area contributed by atoms with Gasteiger partial charge in [-0.1, -0.05) is 43.3 Å². The molecule has 1 amide bonds. The second kappa shape index (κ2) is 7.76. The van der Waals surface area contributed by atoms with Crippen LogP contribution in [0.1, 0.15) is 27.0 Å². The number of nitrogens with zero attached hydrogens (tertiary/aromatic N) is 2. The Morgan fingerprint density at radius 2 is 2.08 bits per heavy atom. The highest BCUT2D eigenvalue weighted by molar-refractivity contribution is 7.15. The van der Waals surface area contributed by atoms with Crippen molar-refractivity contribution in [2.24, 2.45) is 0 Å². The third-order valence-electron chi connectivity index (χ3n) is 3.90. The van der Waals surface area contributed by atoms with Crippen LogP contribution in [0.3, 0.4) is 0 Å². The van der Waals surface area contributed by atoms with Crippen molar-refractivity contribution < 1.29 is 4.79 Å². The molecule has 0 atom stereocenters. The average Bonchev–Trinajstić information content (AvgIpc) is 3.26. The summed E-state index contributed by atoms with van der Waals surface area (Å²) in [6, 6.07) is 12.0. The van der Waals surface area contributed by atoms with E-state index in [9.17, 15) is 4.79 Å². The zero-order valence-electron chi connectivity index (χ0n) is 14.4. The summed E-state index contributed by atoms with van der Waals surface area (Å²) in [4.78, 5) is 21.4. The summed E-state index contributed by atoms with van der Waals surface area (Å²) >= 11 is 3.05. The number of thiophene rings is 1. The van der Waals surface area contributed by atoms with E-state index in [0.717, 1.165) is 22.6 Å². The maximum absolute atomic E-state index is 13.0. The van der Waals surface area contributed by atoms with Gasteiger partial charge in [-0.2, -0.15) is 0 Å². The lowest BCUT2D eigenvalue weighted by Gasteiger charge is -2.17. The van der Waals surface area contributed by atoms with E-state index in [1.54, 1.807) is 22.3 Å². The van der Waals surface area contributed by atoms with Gasteiger partial charge in [0.05, 0.1) is 10.6 Å². The number of amides is 1. The molecule has 1 aromatic carbocycles. The second-order valence-corrected chi connectivity index (χ2v) is 7.63. The minimum Gasteiger partial charge on any atom is -0.279 e. The van der Waals surface area contributed by atoms with E-state index in [1.807, 2.05) is 41.8 Å². The monoisotopic (exact) mass is 368 g/mol. The van der Waals surface area contributed by atoms with Gasteiger partial charge in [-0.25, -0.2) is 4.98 Å². The molecule has 0 spiro atoms. The summed E-state index contributed by atoms with van der Waals surface area (Å²) in [5.41, 5.74) is 3.12. The van der Waals surface area contributed by atoms with Crippen LogP contribution in [0, 0.1) is 6.92 Å². The van der Waals surface area contributed by atoms with Crippen LogP contribution in [0.2, 0.25) is 0 Å². The molecule has 0 bridgehead atoms. The number of hydrogen-bond acceptors (Lipinski definition) is 4. The normalized spacial score (nSPS) is 10.6. The third-order valence-corrected chi connectivity index (χ3v) is 6.13. The molecule has 0 aliphatic rings. The van der Waals surface area contributed by atoms with Gasteiger partial charge in [-0.05, 0) is 25.0 Å². The lowest BCUT2D eigenvalue weighted by molar-refractivity contribution is 0.0993. The molecule has 0 aliphatic carbocycles. The van der Waals surface area contributed by atoms with Crippen molar-refractivity contribution in [3.05, 3.63) is 69.8 Å². The maximum Gasteiger partial charge on any atom is 0.270 e. The third kappa shape index (κ3) is 3.72. The standard InChI is InChI=1S/C20H20N2OS2/c1-4-11-22(19(23)18-12-14(3)17(5-2)25-18)20-21-16(13-24-20)15-9-7-6-8-10-15/h4,6-10,12-13H,1,5,11H2,2-3H3. The molecule has 0 radical (unpaired) electrons. The van der Waals surface area contributed by atoms with Crippen LogP contribution >= 0.6 is 22.7 Å². The molecule has 25 heavy (non-hydrogen) atoms. The van der Waals surface area contributed by atoms with Crippen molar-refractivity contribution in [2.45, 2.75) is 20.3 Å². The Balaban J connectivity index is 1.92. The number of carbonyl (C=O) groups excluding carboxylic acids is 1. The van der Waals surface area contributed by atoms with Crippen molar-refractivity contribution in [3.63, 3.8) is 0 Å². The largest absolute Gasteiger partial charge is 0.279 e. The van der Waals surface area contributed by atoms with Crippen molar-refractivity contribution in [1.29, 1.82) is 0 Å². The Bertz CT molecular complexity index is 880. The molecule has 3 aromatic rings. The first-order chi connectivity index (χ1) is 12.1. The predicted molar refractivity (Wildman–Crippen MR) is 108 cm³/mol. The Kier molecular flexibility index (Phi) is 5.46. The van der Waals surface area contributed by atoms with Crippen molar-refractivity contribution >= 4 is 33.7 Å². The highest BCUT2D eigenvalue weighted by Gasteiger charge is 2.22. The van der Waals surface area contributed by atoms with Crippen LogP contribution in [0.5, 0.6) is 0 Å². The molecular formula is C20H20N2OS2. The fourth-order valence-corrected chi connectivity index (χ4v) is 4.52. The molecular weight excluding hydrogens is 348 g/mol. The quantitative estimate of drug-likeness (QED) is 0.533. The summed E-state index contributed by atoms with van der Waals surface area (Å²) in [5, 5.41) is 2.69. The first-order valence-corrected chi connectivity index (χ1v) is 9.86. The van der Waals surface area contributed by atoms with E-state index in [-0.39, 0.29) is 5.91 Å². The minimum atomic E-state index is -0.0124. The van der Waals surface area contributed by atoms with E-state index >= 15 is 0 Å². The smallest absolute Gasteiger partial charge is 0.270 e. The Morgan fingerprint density at radius 3 is 2.72 bits per heavy atom. The molecule has 0 fully saturated rings. The molecule has 0 saturated heterocycles. The van der Waals surface area contributed by atoms with Gasteiger partial charge in [0.25, 0.3) is 5.91 Å². The number of rotatable bonds is 6. The molecule has 0 N–H and O–H groups in total. The van der Waals surface area contributed by atoms with Crippen molar-refractivity contribution in [1.82, 2.24) is 4.98 Å². The molecule has 0 aliphatic heterocycles. The maximum atomic E-state index is 13.0. The molecule has 2 heterocycles. The van der Waals surface area contributed by atoms with Crippen LogP contribution in [0.4, 0.5) is 5.13 Å². The van der Waals surface area contributed by atoms with E-state index in [0.29, 0.717) is 11.7 Å². The van der Waals surface area contributed by atoms with Gasteiger partial charge in [0.1, 0.15) is 0 Å². The zero-order valence-corrected chi connectivity index (χ0v) is 16.0. The van der Waals surface area contributed by atoms with Gasteiger partial charge in [0, 0.05) is 22.4 Å². The fraction of sp³-hybridized carbons (Fsp3) is 0.200. The molecule has 2 aromatic heterocycles. The summed E-state index contributed by atoms with van der Waals surface area (Å²) in [7, 11) is 0. The molecule has 3 rings (SSSR count). The van der Waals surface area contributed by atoms with Crippen LogP contribution in [0.25, 0.3) is 11.3 Å². The number of carbonyl (C=O) groups is 1. The highest BCUT2D eigenvalue weighted by Crippen LogP contribution is 2.30. The SMILES string of the molecule is C=CCN(C(=O)c1cc(C)c(CC)s1)c1nc(-c2ccccc2)cs1. The predicted octanol–water partition coefficient (Wildman–Crippen LogP) is 5.58. The van der Waals surface area contributed by atoms with Gasteiger partial charge in [0.15, 0.2) is 5.13 Å². The Hall–Kier alpha value is -2.24. The van der Waals surface area contributed by atoms with Gasteiger partial charge < -0.3 is 0 Å². The van der Waals surface area contributed by atoms with Crippen LogP contribution in [0.15, 0.2) is 54.4 Å². The zero-order chi connectivity index (χ0) is 17.8. The number of aryl methyl sites for hydroxylation is 2. The fourth-order valence-electron chi connectivity index (χ4n) is 2.62. The molecule has 0 saturated carbocycles. The van der Waals surface area contributed by atoms with E-state index in [4.69, 9.17) is 0 Å². The summed E-state index contributed by atoms with van der Waals surface area (Å²) in [6.07, 6.45) is 2.68. The number of thiazole rings is 1. The van der Waals surface area contributed by atoms with Gasteiger partial charge in [-0.15, -0.1) is 29.3 Å². The molecule has 0 unspecified atom stereocenters. The van der Waals surface area contributed by atoms with Crippen LogP contribution in [-0.2, 0) is 6.42 Å². The van der Waals surface area contributed by atoms with E-state index < -0.39 is 0 Å². The van der Waals surface area contributed by atoms with Gasteiger partial charge in [0.2, 0.25) is 0 Å². The summed E-state index contributed by atoms with van der Waals surface area (Å²) in [6.45, 7) is 8.40. The summed E-state index contributed by atoms with van der Waals surface area (Å²) < 4.78 is 0. The lowest BCUT2D eigenvalue weighted by atomic mass is 10.2. The topological polar surface area (TPSA) is 33.2 Å². The number of benzene rings is 1. The van der Waals surface area contributed by atoms with Gasteiger partial charge in [-0.3, -0.25) is 9.69 Å². The Morgan fingerprint density at radius 1 is 1.32 bits per heavy atom. The molecule has 5 heteroatoms. The first-order valence-electron chi connectivity index (χ1n) is 8.17. The van der Waals surface area contributed by atoms with E-state index in [2.05, 4.69) is 25.4 Å². The minimum absolute atomic E-state index is 0.0124. The second-order valence-electron chi connectivity index (χ2n) is 5.66. The lowest BCUT2D eigenvalue weighted by Crippen LogP contribution is -2.30. The Labute approximate surface area is 156 Å². The van der Waals surface area contributed by atoms with Crippen LogP contribution in [-0.4, -0.2) is 17.4 Å². The summed E-state index contributed by atoms with van der Waals surface area (Å²) in [5.74, 6) is -0.0124.